The summed E-state index contributed by atoms with van der Waals surface area (Å²) in [4.78, 5) is 75.3. The molecule has 0 saturated heterocycles. The fourth-order valence-electron chi connectivity index (χ4n) is 4.07. The molecule has 1 aromatic carbocycles. The molecule has 0 aromatic heterocycles. The Morgan fingerprint density at radius 1 is 0.872 bits per heavy atom. The second-order valence-electron chi connectivity index (χ2n) is 11.2. The van der Waals surface area contributed by atoms with E-state index in [0.717, 1.165) is 12.3 Å². The van der Waals surface area contributed by atoms with E-state index in [1.807, 2.05) is 0 Å². The predicted octanol–water partition coefficient (Wildman–Crippen LogP) is 1.90. The lowest BCUT2D eigenvalue weighted by atomic mass is 9.96. The first kappa shape index (κ1) is 40.8. The summed E-state index contributed by atoms with van der Waals surface area (Å²) in [5.41, 5.74) is 0.710. The third-order valence-electron chi connectivity index (χ3n) is 6.92. The molecule has 0 fully saturated rings. The number of carbonyl (C=O) groups is 6. The average molecular weight is 703 g/mol. The van der Waals surface area contributed by atoms with Crippen LogP contribution in [-0.4, -0.2) is 84.8 Å². The van der Waals surface area contributed by atoms with Gasteiger partial charge in [-0.2, -0.15) is 0 Å². The van der Waals surface area contributed by atoms with E-state index in [1.54, 1.807) is 58.0 Å². The molecule has 15 nitrogen and oxygen atoms in total. The van der Waals surface area contributed by atoms with E-state index < -0.39 is 98.8 Å². The van der Waals surface area contributed by atoms with E-state index in [-0.39, 0.29) is 13.0 Å². The number of carboxylic acid groups (broad SMARTS) is 2. The lowest BCUT2D eigenvalue weighted by Gasteiger charge is -2.29. The molecule has 5 atom stereocenters. The van der Waals surface area contributed by atoms with Gasteiger partial charge in [0.25, 0.3) is 0 Å². The first-order chi connectivity index (χ1) is 21.8. The number of aliphatic carboxylic acids is 2. The molecule has 0 aliphatic carbocycles. The minimum absolute atomic E-state index is 0.0641. The van der Waals surface area contributed by atoms with Gasteiger partial charge in [-0.3, -0.25) is 24.0 Å². The number of nitrogens with one attached hydrogen (secondary N) is 4. The molecule has 1 aromatic rings. The van der Waals surface area contributed by atoms with Crippen LogP contribution in [0.25, 0.3) is 0 Å². The third-order valence-corrected chi connectivity index (χ3v) is 8.73. The van der Waals surface area contributed by atoms with Crippen LogP contribution >= 0.6 is 11.6 Å². The molecule has 0 heterocycles. The largest absolute Gasteiger partial charge is 0.481 e. The highest BCUT2D eigenvalue weighted by Gasteiger charge is 2.34. The van der Waals surface area contributed by atoms with Gasteiger partial charge in [-0.1, -0.05) is 76.0 Å². The Bertz CT molecular complexity index is 1400. The monoisotopic (exact) mass is 702 g/mol. The first-order valence-corrected chi connectivity index (χ1v) is 17.0. The van der Waals surface area contributed by atoms with Gasteiger partial charge < -0.3 is 36.2 Å². The van der Waals surface area contributed by atoms with Crippen LogP contribution in [0.2, 0.25) is 0 Å². The lowest BCUT2D eigenvalue weighted by Crippen LogP contribution is -2.59. The molecule has 4 amide bonds. The van der Waals surface area contributed by atoms with E-state index in [0.29, 0.717) is 12.0 Å². The van der Waals surface area contributed by atoms with Crippen LogP contribution < -0.4 is 21.3 Å². The number of benzene rings is 1. The van der Waals surface area contributed by atoms with Crippen molar-refractivity contribution >= 4 is 57.2 Å². The zero-order valence-electron chi connectivity index (χ0n) is 26.8. The molecule has 0 bridgehead atoms. The first-order valence-electron chi connectivity index (χ1n) is 14.7. The van der Waals surface area contributed by atoms with Gasteiger partial charge >= 0.3 is 18.0 Å². The Labute approximate surface area is 278 Å². The summed E-state index contributed by atoms with van der Waals surface area (Å²) in [6, 6.07) is 3.48. The second-order valence-corrected chi connectivity index (χ2v) is 13.9. The number of hydrogen-bond donors (Lipinski definition) is 6. The molecular weight excluding hydrogens is 660 g/mol. The number of ether oxygens (including phenoxy) is 1. The van der Waals surface area contributed by atoms with Crippen molar-refractivity contribution in [1.82, 2.24) is 21.3 Å². The van der Waals surface area contributed by atoms with E-state index in [2.05, 4.69) is 21.3 Å². The second kappa shape index (κ2) is 19.5. The normalized spacial score (nSPS) is 14.9. The Morgan fingerprint density at radius 2 is 1.47 bits per heavy atom. The van der Waals surface area contributed by atoms with Gasteiger partial charge in [0.2, 0.25) is 17.7 Å². The summed E-state index contributed by atoms with van der Waals surface area (Å²) >= 11 is 5.78. The number of sulfone groups is 1. The van der Waals surface area contributed by atoms with Crippen molar-refractivity contribution in [2.75, 3.05) is 6.26 Å². The minimum Gasteiger partial charge on any atom is -0.481 e. The van der Waals surface area contributed by atoms with Crippen molar-refractivity contribution in [3.8, 4) is 0 Å². The van der Waals surface area contributed by atoms with Crippen LogP contribution in [0.5, 0.6) is 0 Å². The van der Waals surface area contributed by atoms with E-state index in [4.69, 9.17) is 16.3 Å². The molecule has 0 saturated carbocycles. The summed E-state index contributed by atoms with van der Waals surface area (Å²) in [6.07, 6.45) is -0.536. The number of hydrogen-bond acceptors (Lipinski definition) is 9. The van der Waals surface area contributed by atoms with Gasteiger partial charge in [0.05, 0.1) is 12.5 Å². The van der Waals surface area contributed by atoms with Crippen molar-refractivity contribution in [3.63, 3.8) is 0 Å². The van der Waals surface area contributed by atoms with Crippen molar-refractivity contribution < 1.29 is 52.1 Å². The molecule has 0 aliphatic heterocycles. The van der Waals surface area contributed by atoms with Crippen LogP contribution in [-0.2, 0) is 45.2 Å². The maximum atomic E-state index is 13.5. The predicted molar refractivity (Wildman–Crippen MR) is 172 cm³/mol. The quantitative estimate of drug-likeness (QED) is 0.122. The molecule has 0 radical (unpaired) electrons. The minimum atomic E-state index is -3.91. The Hall–Kier alpha value is -4.18. The number of carbonyl (C=O) groups excluding carboxylic acids is 4. The SMILES string of the molecule is CCC(C)C(NC(=O)[C@H](CCC(=O)O)NC(=O)[C@@H](NC(=O)OCc1ccccc1)C(C)C)C(=O)N[C@H](/C=C(\Cl)S(C)(=O)=O)CC(=O)O. The number of amides is 4. The zero-order valence-corrected chi connectivity index (χ0v) is 28.4. The molecule has 47 heavy (non-hydrogen) atoms. The molecule has 17 heteroatoms. The van der Waals surface area contributed by atoms with Crippen molar-refractivity contribution in [2.45, 2.75) is 84.2 Å². The topological polar surface area (TPSA) is 234 Å². The number of carboxylic acids is 2. The number of halogens is 1. The number of rotatable bonds is 19. The van der Waals surface area contributed by atoms with Gasteiger partial charge in [-0.25, -0.2) is 13.2 Å². The maximum absolute atomic E-state index is 13.5. The highest BCUT2D eigenvalue weighted by molar-refractivity contribution is 7.96. The molecule has 6 N–H and O–H groups in total. The van der Waals surface area contributed by atoms with Gasteiger partial charge in [0.1, 0.15) is 29.1 Å². The molecule has 2 unspecified atom stereocenters. The van der Waals surface area contributed by atoms with Crippen molar-refractivity contribution in [3.05, 3.63) is 46.3 Å². The van der Waals surface area contributed by atoms with Crippen LogP contribution in [0, 0.1) is 11.8 Å². The van der Waals surface area contributed by atoms with Crippen LogP contribution in [0.1, 0.15) is 58.9 Å². The summed E-state index contributed by atoms with van der Waals surface area (Å²) < 4.78 is 28.0. The summed E-state index contributed by atoms with van der Waals surface area (Å²) in [5, 5.41) is 28.3. The van der Waals surface area contributed by atoms with E-state index in [1.165, 1.54) is 0 Å². The van der Waals surface area contributed by atoms with Gasteiger partial charge in [0, 0.05) is 12.7 Å². The van der Waals surface area contributed by atoms with Gasteiger partial charge in [-0.05, 0) is 29.9 Å². The summed E-state index contributed by atoms with van der Waals surface area (Å²) in [7, 11) is -3.91. The highest BCUT2D eigenvalue weighted by Crippen LogP contribution is 2.15. The Kier molecular flexibility index (Phi) is 16.9. The molecule has 262 valence electrons. The summed E-state index contributed by atoms with van der Waals surface area (Å²) in [6.45, 7) is 6.53. The summed E-state index contributed by atoms with van der Waals surface area (Å²) in [5.74, 6) is -6.29. The Balaban J connectivity index is 3.18. The van der Waals surface area contributed by atoms with Gasteiger partial charge in [0.15, 0.2) is 9.84 Å². The maximum Gasteiger partial charge on any atom is 0.408 e. The lowest BCUT2D eigenvalue weighted by molar-refractivity contribution is -0.139. The molecular formula is C30H43ClN4O11S. The van der Waals surface area contributed by atoms with Crippen molar-refractivity contribution in [2.24, 2.45) is 11.8 Å². The fourth-order valence-corrected chi connectivity index (χ4v) is 4.64. The van der Waals surface area contributed by atoms with E-state index >= 15 is 0 Å². The third kappa shape index (κ3) is 15.3. The molecule has 0 aliphatic rings. The smallest absolute Gasteiger partial charge is 0.408 e. The highest BCUT2D eigenvalue weighted by atomic mass is 35.5. The standard InChI is InChI=1S/C30H43ClN4O11S/c1-6-18(4)26(29(42)32-20(15-24(38)39)14-22(31)47(5,44)45)34-27(40)21(12-13-23(36)37)33-28(41)25(17(2)3)35-30(43)46-16-19-10-8-7-9-11-19/h7-11,14,17-18,20-21,25-26H,6,12-13,15-16H2,1-5H3,(H,32,42)(H,33,41)(H,34,40)(H,35,43)(H,36,37)(H,38,39)/b22-14+/t18?,20-,21+,25+,26?/m1/s1. The van der Waals surface area contributed by atoms with Crippen LogP contribution in [0.4, 0.5) is 4.79 Å². The fraction of sp³-hybridized carbons (Fsp3) is 0.533. The molecule has 1 rings (SSSR count). The van der Waals surface area contributed by atoms with E-state index in [9.17, 15) is 47.4 Å². The zero-order chi connectivity index (χ0) is 35.9. The van der Waals surface area contributed by atoms with Crippen molar-refractivity contribution in [1.29, 1.82) is 0 Å². The molecule has 0 spiro atoms. The Morgan fingerprint density at radius 3 is 1.98 bits per heavy atom. The van der Waals surface area contributed by atoms with Crippen LogP contribution in [0.15, 0.2) is 40.8 Å². The van der Waals surface area contributed by atoms with Crippen LogP contribution in [0.3, 0.4) is 0 Å². The number of alkyl carbamates (subject to hydrolysis) is 1. The van der Waals surface area contributed by atoms with Gasteiger partial charge in [-0.15, -0.1) is 0 Å². The average Bonchev–Trinajstić information content (AvgIpc) is 2.98.